The van der Waals surface area contributed by atoms with Gasteiger partial charge >= 0.3 is 0 Å². The van der Waals surface area contributed by atoms with Crippen molar-refractivity contribution in [3.05, 3.63) is 53.5 Å². The molecule has 1 aromatic carbocycles. The van der Waals surface area contributed by atoms with Gasteiger partial charge in [-0.1, -0.05) is 25.0 Å². The molecule has 1 aromatic heterocycles. The van der Waals surface area contributed by atoms with E-state index >= 15 is 0 Å². The minimum Gasteiger partial charge on any atom is -0.460 e. The summed E-state index contributed by atoms with van der Waals surface area (Å²) in [7, 11) is 1.94. The van der Waals surface area contributed by atoms with Crippen molar-refractivity contribution in [2.45, 2.75) is 45.2 Å². The highest BCUT2D eigenvalue weighted by molar-refractivity contribution is 6.04. The van der Waals surface area contributed by atoms with E-state index in [1.807, 2.05) is 38.2 Å². The first kappa shape index (κ1) is 19.2. The Morgan fingerprint density at radius 3 is 2.59 bits per heavy atom. The molecule has 6 heteroatoms. The first-order valence-corrected chi connectivity index (χ1v) is 9.57. The molecular weight excluding hydrogens is 342 g/mol. The van der Waals surface area contributed by atoms with Gasteiger partial charge in [0.2, 0.25) is 0 Å². The van der Waals surface area contributed by atoms with E-state index in [0.29, 0.717) is 24.3 Å². The SMILES string of the molecule is Cc1ccc(C[NH+](C)CC(=O)Nc2ccccc2C(=O)NC2CCCC2)o1. The number of quaternary nitrogens is 1. The molecule has 0 aliphatic heterocycles. The summed E-state index contributed by atoms with van der Waals surface area (Å²) >= 11 is 0. The summed E-state index contributed by atoms with van der Waals surface area (Å²) in [6, 6.07) is 11.3. The Bertz CT molecular complexity index is 793. The number of rotatable bonds is 7. The van der Waals surface area contributed by atoms with Crippen LogP contribution in [-0.4, -0.2) is 31.4 Å². The van der Waals surface area contributed by atoms with E-state index in [4.69, 9.17) is 4.42 Å². The second kappa shape index (κ2) is 8.86. The van der Waals surface area contributed by atoms with Gasteiger partial charge in [-0.05, 0) is 44.0 Å². The van der Waals surface area contributed by atoms with Crippen LogP contribution in [0.2, 0.25) is 0 Å². The summed E-state index contributed by atoms with van der Waals surface area (Å²) in [6.07, 6.45) is 4.38. The quantitative estimate of drug-likeness (QED) is 0.697. The number of para-hydroxylation sites is 1. The van der Waals surface area contributed by atoms with Crippen molar-refractivity contribution in [2.75, 3.05) is 18.9 Å². The van der Waals surface area contributed by atoms with Crippen molar-refractivity contribution in [1.29, 1.82) is 0 Å². The lowest BCUT2D eigenvalue weighted by atomic mass is 10.1. The molecule has 6 nitrogen and oxygen atoms in total. The van der Waals surface area contributed by atoms with Crippen molar-refractivity contribution in [3.8, 4) is 0 Å². The fourth-order valence-electron chi connectivity index (χ4n) is 3.53. The largest absolute Gasteiger partial charge is 0.460 e. The zero-order chi connectivity index (χ0) is 19.2. The predicted molar refractivity (Wildman–Crippen MR) is 104 cm³/mol. The number of benzene rings is 1. The van der Waals surface area contributed by atoms with Gasteiger partial charge in [0, 0.05) is 6.04 Å². The molecule has 1 aliphatic rings. The third-order valence-electron chi connectivity index (χ3n) is 4.87. The van der Waals surface area contributed by atoms with E-state index in [1.165, 1.54) is 0 Å². The molecule has 1 aliphatic carbocycles. The van der Waals surface area contributed by atoms with E-state index in [0.717, 1.165) is 42.1 Å². The third-order valence-corrected chi connectivity index (χ3v) is 4.87. The smallest absolute Gasteiger partial charge is 0.279 e. The zero-order valence-electron chi connectivity index (χ0n) is 16.0. The van der Waals surface area contributed by atoms with Crippen LogP contribution in [0.5, 0.6) is 0 Å². The van der Waals surface area contributed by atoms with Gasteiger partial charge < -0.3 is 20.0 Å². The average Bonchev–Trinajstić information content (AvgIpc) is 3.26. The van der Waals surface area contributed by atoms with Crippen molar-refractivity contribution < 1.29 is 18.9 Å². The normalized spacial score (nSPS) is 15.5. The van der Waals surface area contributed by atoms with Crippen LogP contribution in [0.3, 0.4) is 0 Å². The Morgan fingerprint density at radius 2 is 1.89 bits per heavy atom. The lowest BCUT2D eigenvalue weighted by Gasteiger charge is -2.16. The van der Waals surface area contributed by atoms with Crippen LogP contribution in [0, 0.1) is 6.92 Å². The van der Waals surface area contributed by atoms with Crippen LogP contribution in [0.1, 0.15) is 47.6 Å². The van der Waals surface area contributed by atoms with Crippen LogP contribution < -0.4 is 15.5 Å². The molecule has 1 unspecified atom stereocenters. The molecule has 1 saturated carbocycles. The number of hydrogen-bond acceptors (Lipinski definition) is 3. The van der Waals surface area contributed by atoms with Gasteiger partial charge in [0.25, 0.3) is 11.8 Å². The molecule has 3 rings (SSSR count). The minimum atomic E-state index is -0.128. The van der Waals surface area contributed by atoms with Gasteiger partial charge in [-0.3, -0.25) is 9.59 Å². The minimum absolute atomic E-state index is 0.121. The highest BCUT2D eigenvalue weighted by Gasteiger charge is 2.20. The number of carbonyl (C=O) groups is 2. The summed E-state index contributed by atoms with van der Waals surface area (Å²) in [5.41, 5.74) is 1.07. The van der Waals surface area contributed by atoms with Crippen molar-refractivity contribution in [3.63, 3.8) is 0 Å². The van der Waals surface area contributed by atoms with Crippen molar-refractivity contribution in [1.82, 2.24) is 5.32 Å². The van der Waals surface area contributed by atoms with Crippen LogP contribution in [0.4, 0.5) is 5.69 Å². The topological polar surface area (TPSA) is 75.8 Å². The molecule has 1 heterocycles. The molecule has 27 heavy (non-hydrogen) atoms. The van der Waals surface area contributed by atoms with Crippen LogP contribution in [0.15, 0.2) is 40.8 Å². The number of carbonyl (C=O) groups excluding carboxylic acids is 2. The van der Waals surface area contributed by atoms with Crippen LogP contribution in [0.25, 0.3) is 0 Å². The predicted octanol–water partition coefficient (Wildman–Crippen LogP) is 1.91. The Hall–Kier alpha value is -2.60. The molecule has 0 radical (unpaired) electrons. The number of likely N-dealkylation sites (N-methyl/N-ethyl adjacent to an activating group) is 1. The van der Waals surface area contributed by atoms with Gasteiger partial charge in [0.1, 0.15) is 12.3 Å². The molecule has 1 atom stereocenters. The molecule has 3 N–H and O–H groups in total. The van der Waals surface area contributed by atoms with Gasteiger partial charge in [0.05, 0.1) is 18.3 Å². The molecule has 1 fully saturated rings. The summed E-state index contributed by atoms with van der Waals surface area (Å²) in [5.74, 6) is 1.47. The standard InChI is InChI=1S/C21H27N3O3/c1-15-11-12-17(27-15)13-24(2)14-20(25)23-19-10-6-5-9-18(19)21(26)22-16-7-3-4-8-16/h5-6,9-12,16H,3-4,7-8,13-14H2,1-2H3,(H,22,26)(H,23,25)/p+1. The third kappa shape index (κ3) is 5.44. The maximum absolute atomic E-state index is 12.6. The summed E-state index contributed by atoms with van der Waals surface area (Å²) in [6.45, 7) is 2.82. The average molecular weight is 370 g/mol. The second-order valence-corrected chi connectivity index (χ2v) is 7.37. The molecule has 0 spiro atoms. The fourth-order valence-corrected chi connectivity index (χ4v) is 3.53. The lowest BCUT2D eigenvalue weighted by molar-refractivity contribution is -0.886. The van der Waals surface area contributed by atoms with E-state index in [9.17, 15) is 9.59 Å². The van der Waals surface area contributed by atoms with Crippen LogP contribution >= 0.6 is 0 Å². The molecule has 0 saturated heterocycles. The number of hydrogen-bond donors (Lipinski definition) is 3. The summed E-state index contributed by atoms with van der Waals surface area (Å²) < 4.78 is 5.56. The van der Waals surface area contributed by atoms with Crippen molar-refractivity contribution in [2.24, 2.45) is 0 Å². The molecule has 144 valence electrons. The van der Waals surface area contributed by atoms with Crippen molar-refractivity contribution >= 4 is 17.5 Å². The Kier molecular flexibility index (Phi) is 6.29. The molecule has 2 amide bonds. The zero-order valence-corrected chi connectivity index (χ0v) is 16.0. The summed E-state index contributed by atoms with van der Waals surface area (Å²) in [4.78, 5) is 26.0. The van der Waals surface area contributed by atoms with E-state index in [-0.39, 0.29) is 17.9 Å². The number of aryl methyl sites for hydroxylation is 1. The second-order valence-electron chi connectivity index (χ2n) is 7.37. The Morgan fingerprint density at radius 1 is 1.15 bits per heavy atom. The first-order valence-electron chi connectivity index (χ1n) is 9.57. The first-order chi connectivity index (χ1) is 13.0. The maximum atomic E-state index is 12.6. The lowest BCUT2D eigenvalue weighted by Crippen LogP contribution is -3.08. The van der Waals surface area contributed by atoms with E-state index in [2.05, 4.69) is 10.6 Å². The van der Waals surface area contributed by atoms with Gasteiger partial charge in [-0.2, -0.15) is 0 Å². The number of anilines is 1. The maximum Gasteiger partial charge on any atom is 0.279 e. The molecule has 0 bridgehead atoms. The van der Waals surface area contributed by atoms with Crippen LogP contribution in [-0.2, 0) is 11.3 Å². The van der Waals surface area contributed by atoms with Gasteiger partial charge in [-0.25, -0.2) is 0 Å². The summed E-state index contributed by atoms with van der Waals surface area (Å²) in [5, 5.41) is 5.96. The molecule has 2 aromatic rings. The van der Waals surface area contributed by atoms with Gasteiger partial charge in [-0.15, -0.1) is 0 Å². The van der Waals surface area contributed by atoms with E-state index < -0.39 is 0 Å². The van der Waals surface area contributed by atoms with Gasteiger partial charge in [0.15, 0.2) is 12.3 Å². The number of furan rings is 1. The monoisotopic (exact) mass is 370 g/mol. The highest BCUT2D eigenvalue weighted by atomic mass is 16.3. The highest BCUT2D eigenvalue weighted by Crippen LogP contribution is 2.20. The fraction of sp³-hybridized carbons (Fsp3) is 0.429. The molecular formula is C21H28N3O3+. The Labute approximate surface area is 159 Å². The Balaban J connectivity index is 1.57. The number of amides is 2. The number of nitrogens with one attached hydrogen (secondary N) is 3. The van der Waals surface area contributed by atoms with E-state index in [1.54, 1.807) is 12.1 Å².